The number of esters is 1. The minimum absolute atomic E-state index is 0. The molecule has 0 aromatic rings. The minimum Gasteiger partial charge on any atom is -0.460 e. The molecule has 6 nitrogen and oxygen atoms in total. The first kappa shape index (κ1) is 16.5. The first-order valence-corrected chi connectivity index (χ1v) is 4.64. The molecule has 0 aliphatic heterocycles. The predicted molar refractivity (Wildman–Crippen MR) is 49.0 cm³/mol. The van der Waals surface area contributed by atoms with E-state index in [2.05, 4.69) is 15.5 Å². The van der Waals surface area contributed by atoms with Crippen molar-refractivity contribution in [3.63, 3.8) is 0 Å². The normalized spacial score (nSPS) is 10.1. The Bertz CT molecular complexity index is 295. The number of carbonyl (C=O) groups is 1. The summed E-state index contributed by atoms with van der Waals surface area (Å²) in [6, 6.07) is 0. The zero-order chi connectivity index (χ0) is 10.5. The van der Waals surface area contributed by atoms with E-state index in [1.807, 2.05) is 0 Å². The number of carbonyl (C=O) groups excluding carboxylic acids is 1. The van der Waals surface area contributed by atoms with Crippen molar-refractivity contribution in [2.45, 2.75) is 6.92 Å². The third-order valence-electron chi connectivity index (χ3n) is 0.897. The summed E-state index contributed by atoms with van der Waals surface area (Å²) in [7, 11) is -4.46. The summed E-state index contributed by atoms with van der Waals surface area (Å²) < 4.78 is 36.4. The molecule has 0 fully saturated rings. The zero-order valence-electron chi connectivity index (χ0n) is 8.02. The van der Waals surface area contributed by atoms with Crippen LogP contribution in [0.4, 0.5) is 0 Å². The average molecular weight is 233 g/mol. The number of hydrogen-bond donors (Lipinski definition) is 1. The van der Waals surface area contributed by atoms with E-state index in [0.717, 1.165) is 0 Å². The summed E-state index contributed by atoms with van der Waals surface area (Å²) in [5.41, 5.74) is 0.201. The molecule has 0 aromatic heterocycles. The van der Waals surface area contributed by atoms with E-state index >= 15 is 0 Å². The van der Waals surface area contributed by atoms with Gasteiger partial charge in [0.1, 0.15) is 13.2 Å². The number of rotatable bonds is 5. The third kappa shape index (κ3) is 10.2. The minimum atomic E-state index is -4.46. The second-order valence-electron chi connectivity index (χ2n) is 2.17. The zero-order valence-corrected chi connectivity index (χ0v) is 10.8. The first-order chi connectivity index (χ1) is 5.83. The second kappa shape index (κ2) is 7.38. The molecule has 0 rings (SSSR count). The fraction of sp³-hybridized carbons (Fsp3) is 0.500. The van der Waals surface area contributed by atoms with E-state index in [0.29, 0.717) is 0 Å². The van der Waals surface area contributed by atoms with Crippen molar-refractivity contribution in [3.05, 3.63) is 12.2 Å². The molecular weight excluding hydrogens is 223 g/mol. The van der Waals surface area contributed by atoms with Crippen LogP contribution in [0.3, 0.4) is 0 Å². The number of ether oxygens (including phenoxy) is 1. The third-order valence-corrected chi connectivity index (χ3v) is 1.36. The van der Waals surface area contributed by atoms with E-state index in [1.54, 1.807) is 0 Å². The summed E-state index contributed by atoms with van der Waals surface area (Å²) in [5, 5.41) is 0. The topological polar surface area (TPSA) is 89.9 Å². The Balaban J connectivity index is 0. The standard InChI is InChI=1S/C6H10O6S.Na/c1-5(2)6(7)11-3-4-12-13(8,9)10;/h1,3-4H2,2H3,(H,8,9,10);. The van der Waals surface area contributed by atoms with Crippen molar-refractivity contribution in [2.24, 2.45) is 0 Å². The molecule has 0 bridgehead atoms. The van der Waals surface area contributed by atoms with E-state index in [1.165, 1.54) is 6.92 Å². The van der Waals surface area contributed by atoms with Gasteiger partial charge in [0.25, 0.3) is 0 Å². The summed E-state index contributed by atoms with van der Waals surface area (Å²) in [6.07, 6.45) is 0. The Morgan fingerprint density at radius 1 is 1.43 bits per heavy atom. The van der Waals surface area contributed by atoms with Gasteiger partial charge >= 0.3 is 16.4 Å². The second-order valence-corrected chi connectivity index (χ2v) is 3.26. The molecule has 0 saturated heterocycles. The molecule has 0 unspecified atom stereocenters. The Labute approximate surface area is 105 Å². The van der Waals surface area contributed by atoms with Gasteiger partial charge in [0.15, 0.2) is 0 Å². The summed E-state index contributed by atoms with van der Waals surface area (Å²) in [6.45, 7) is 4.07. The summed E-state index contributed by atoms with van der Waals surface area (Å²) >= 11 is 0. The van der Waals surface area contributed by atoms with Gasteiger partial charge in [-0.1, -0.05) is 6.58 Å². The van der Waals surface area contributed by atoms with Crippen LogP contribution >= 0.6 is 0 Å². The maximum absolute atomic E-state index is 10.7. The summed E-state index contributed by atoms with van der Waals surface area (Å²) in [4.78, 5) is 10.7. The van der Waals surface area contributed by atoms with Crippen molar-refractivity contribution >= 4 is 45.9 Å². The van der Waals surface area contributed by atoms with Crippen LogP contribution in [-0.2, 0) is 24.1 Å². The van der Waals surface area contributed by atoms with Crippen LogP contribution in [0.5, 0.6) is 0 Å². The maximum Gasteiger partial charge on any atom is 0.397 e. The maximum atomic E-state index is 10.7. The number of hydrogen-bond acceptors (Lipinski definition) is 5. The SMILES string of the molecule is C=C(C)C(=O)OCCOS(=O)(=O)O.[Na]. The van der Waals surface area contributed by atoms with Gasteiger partial charge in [0.05, 0.1) is 0 Å². The van der Waals surface area contributed by atoms with Crippen molar-refractivity contribution in [1.82, 2.24) is 0 Å². The van der Waals surface area contributed by atoms with Gasteiger partial charge in [0.2, 0.25) is 0 Å². The largest absolute Gasteiger partial charge is 0.460 e. The van der Waals surface area contributed by atoms with Crippen LogP contribution < -0.4 is 0 Å². The van der Waals surface area contributed by atoms with Crippen LogP contribution in [0.25, 0.3) is 0 Å². The van der Waals surface area contributed by atoms with Crippen molar-refractivity contribution in [1.29, 1.82) is 0 Å². The molecular formula is C6H10NaO6S. The molecule has 0 aromatic carbocycles. The molecule has 14 heavy (non-hydrogen) atoms. The van der Waals surface area contributed by atoms with Gasteiger partial charge in [-0.3, -0.25) is 4.55 Å². The fourth-order valence-corrected chi connectivity index (χ4v) is 0.676. The monoisotopic (exact) mass is 233 g/mol. The van der Waals surface area contributed by atoms with Crippen molar-refractivity contribution < 1.29 is 26.7 Å². The quantitative estimate of drug-likeness (QED) is 0.227. The Morgan fingerprint density at radius 2 is 1.93 bits per heavy atom. The molecule has 77 valence electrons. The molecule has 0 saturated carbocycles. The van der Waals surface area contributed by atoms with Crippen LogP contribution in [0, 0.1) is 0 Å². The molecule has 0 aliphatic rings. The smallest absolute Gasteiger partial charge is 0.397 e. The molecule has 0 aliphatic carbocycles. The molecule has 0 spiro atoms. The Kier molecular flexibility index (Phi) is 8.70. The van der Waals surface area contributed by atoms with Crippen LogP contribution in [0.15, 0.2) is 12.2 Å². The molecule has 1 radical (unpaired) electrons. The van der Waals surface area contributed by atoms with Crippen LogP contribution in [0.2, 0.25) is 0 Å². The van der Waals surface area contributed by atoms with Crippen LogP contribution in [-0.4, -0.2) is 61.7 Å². The van der Waals surface area contributed by atoms with Gasteiger partial charge in [-0.2, -0.15) is 8.42 Å². The molecule has 8 heteroatoms. The van der Waals surface area contributed by atoms with E-state index < -0.39 is 23.0 Å². The Hall–Kier alpha value is 0.0800. The molecule has 0 atom stereocenters. The predicted octanol–water partition coefficient (Wildman–Crippen LogP) is -0.456. The van der Waals surface area contributed by atoms with Gasteiger partial charge in [-0.05, 0) is 6.92 Å². The molecule has 0 amide bonds. The van der Waals surface area contributed by atoms with Crippen LogP contribution in [0.1, 0.15) is 6.92 Å². The van der Waals surface area contributed by atoms with Gasteiger partial charge in [-0.15, -0.1) is 0 Å². The Morgan fingerprint density at radius 3 is 2.29 bits per heavy atom. The van der Waals surface area contributed by atoms with Gasteiger partial charge in [0, 0.05) is 35.1 Å². The summed E-state index contributed by atoms with van der Waals surface area (Å²) in [5.74, 6) is -0.640. The molecule has 0 heterocycles. The van der Waals surface area contributed by atoms with Gasteiger partial charge < -0.3 is 4.74 Å². The van der Waals surface area contributed by atoms with Crippen molar-refractivity contribution in [3.8, 4) is 0 Å². The van der Waals surface area contributed by atoms with Crippen molar-refractivity contribution in [2.75, 3.05) is 13.2 Å². The average Bonchev–Trinajstić information content (AvgIpc) is 1.95. The fourth-order valence-electron chi connectivity index (χ4n) is 0.397. The molecule has 1 N–H and O–H groups in total. The van der Waals surface area contributed by atoms with E-state index in [4.69, 9.17) is 4.55 Å². The van der Waals surface area contributed by atoms with Gasteiger partial charge in [-0.25, -0.2) is 8.98 Å². The first-order valence-electron chi connectivity index (χ1n) is 3.27. The van der Waals surface area contributed by atoms with E-state index in [9.17, 15) is 13.2 Å². The van der Waals surface area contributed by atoms with E-state index in [-0.39, 0.29) is 41.7 Å².